The molecule has 5 heteroatoms. The molecule has 0 spiro atoms. The number of carbonyl (C=O) groups is 1. The fraction of sp³-hybridized carbons (Fsp3) is 0.900. The summed E-state index contributed by atoms with van der Waals surface area (Å²) in [6, 6.07) is 0. The summed E-state index contributed by atoms with van der Waals surface area (Å²) in [5.41, 5.74) is 4.93. The van der Waals surface area contributed by atoms with Gasteiger partial charge in [-0.25, -0.2) is 8.42 Å². The van der Waals surface area contributed by atoms with Gasteiger partial charge in [-0.3, -0.25) is 4.79 Å². The normalized spacial score (nSPS) is 16.0. The van der Waals surface area contributed by atoms with Crippen LogP contribution in [0, 0.1) is 0 Å². The maximum absolute atomic E-state index is 11.6. The van der Waals surface area contributed by atoms with Gasteiger partial charge >= 0.3 is 0 Å². The van der Waals surface area contributed by atoms with E-state index in [0.29, 0.717) is 12.8 Å². The highest BCUT2D eigenvalue weighted by molar-refractivity contribution is 7.91. The SMILES string of the molecule is CCC(C)(N)C(=O)CCCS(=O)(=O)CC. The molecule has 0 aromatic carbocycles. The quantitative estimate of drug-likeness (QED) is 0.711. The maximum Gasteiger partial charge on any atom is 0.152 e. The van der Waals surface area contributed by atoms with E-state index in [-0.39, 0.29) is 23.7 Å². The molecule has 0 saturated carbocycles. The highest BCUT2D eigenvalue weighted by atomic mass is 32.2. The van der Waals surface area contributed by atoms with Crippen LogP contribution in [0.5, 0.6) is 0 Å². The van der Waals surface area contributed by atoms with Crippen LogP contribution < -0.4 is 5.73 Å². The van der Waals surface area contributed by atoms with Gasteiger partial charge in [-0.2, -0.15) is 0 Å². The zero-order chi connectivity index (χ0) is 12.1. The second kappa shape index (κ2) is 5.61. The minimum absolute atomic E-state index is 0.0590. The summed E-state index contributed by atoms with van der Waals surface area (Å²) in [6.07, 6.45) is 1.20. The van der Waals surface area contributed by atoms with Crippen LogP contribution in [0.1, 0.15) is 40.0 Å². The van der Waals surface area contributed by atoms with Crippen LogP contribution in [0.2, 0.25) is 0 Å². The third-order valence-corrected chi connectivity index (χ3v) is 4.46. The van der Waals surface area contributed by atoms with Gasteiger partial charge in [-0.1, -0.05) is 13.8 Å². The lowest BCUT2D eigenvalue weighted by molar-refractivity contribution is -0.123. The molecular weight excluding hydrogens is 214 g/mol. The van der Waals surface area contributed by atoms with Gasteiger partial charge in [-0.05, 0) is 19.8 Å². The average Bonchev–Trinajstić information content (AvgIpc) is 2.17. The van der Waals surface area contributed by atoms with Gasteiger partial charge in [0.2, 0.25) is 0 Å². The van der Waals surface area contributed by atoms with E-state index in [4.69, 9.17) is 5.73 Å². The number of carbonyl (C=O) groups excluding carboxylic acids is 1. The molecule has 0 aromatic rings. The Morgan fingerprint density at radius 2 is 1.87 bits per heavy atom. The molecule has 0 fully saturated rings. The Morgan fingerprint density at radius 3 is 2.27 bits per heavy atom. The fourth-order valence-electron chi connectivity index (χ4n) is 1.08. The number of rotatable bonds is 7. The molecule has 2 N–H and O–H groups in total. The van der Waals surface area contributed by atoms with E-state index >= 15 is 0 Å². The van der Waals surface area contributed by atoms with Crippen LogP contribution in [-0.4, -0.2) is 31.2 Å². The largest absolute Gasteiger partial charge is 0.319 e. The molecule has 1 unspecified atom stereocenters. The Morgan fingerprint density at radius 1 is 1.33 bits per heavy atom. The summed E-state index contributed by atoms with van der Waals surface area (Å²) in [5, 5.41) is 0. The molecular formula is C10H21NO3S. The summed E-state index contributed by atoms with van der Waals surface area (Å²) in [7, 11) is -2.96. The highest BCUT2D eigenvalue weighted by Gasteiger charge is 2.25. The van der Waals surface area contributed by atoms with E-state index in [1.165, 1.54) is 0 Å². The lowest BCUT2D eigenvalue weighted by Gasteiger charge is -2.20. The van der Waals surface area contributed by atoms with Crippen molar-refractivity contribution in [3.63, 3.8) is 0 Å². The van der Waals surface area contributed by atoms with Crippen LogP contribution in [-0.2, 0) is 14.6 Å². The number of Topliss-reactive ketones (excluding diaryl/α,β-unsaturated/α-hetero) is 1. The van der Waals surface area contributed by atoms with Crippen molar-refractivity contribution in [3.05, 3.63) is 0 Å². The van der Waals surface area contributed by atoms with Gasteiger partial charge in [0.05, 0.1) is 11.3 Å². The molecule has 0 saturated heterocycles. The molecule has 0 rings (SSSR count). The molecule has 0 heterocycles. The zero-order valence-electron chi connectivity index (χ0n) is 9.75. The molecule has 0 bridgehead atoms. The van der Waals surface area contributed by atoms with Gasteiger partial charge in [0.15, 0.2) is 5.78 Å². The minimum Gasteiger partial charge on any atom is -0.319 e. The summed E-state index contributed by atoms with van der Waals surface area (Å²) < 4.78 is 22.3. The number of sulfone groups is 1. The van der Waals surface area contributed by atoms with E-state index in [2.05, 4.69) is 0 Å². The number of nitrogens with two attached hydrogens (primary N) is 1. The molecule has 0 aliphatic rings. The van der Waals surface area contributed by atoms with Crippen molar-refractivity contribution in [1.82, 2.24) is 0 Å². The van der Waals surface area contributed by atoms with Gasteiger partial charge < -0.3 is 5.73 Å². The van der Waals surface area contributed by atoms with Crippen molar-refractivity contribution in [3.8, 4) is 0 Å². The van der Waals surface area contributed by atoms with Gasteiger partial charge in [-0.15, -0.1) is 0 Å². The lowest BCUT2D eigenvalue weighted by atomic mass is 9.92. The fourth-order valence-corrected chi connectivity index (χ4v) is 1.95. The van der Waals surface area contributed by atoms with Crippen LogP contribution in [0.15, 0.2) is 0 Å². The molecule has 90 valence electrons. The van der Waals surface area contributed by atoms with Crippen molar-refractivity contribution >= 4 is 15.6 Å². The summed E-state index contributed by atoms with van der Waals surface area (Å²) in [4.78, 5) is 11.6. The predicted molar refractivity (Wildman–Crippen MR) is 61.5 cm³/mol. The van der Waals surface area contributed by atoms with Crippen LogP contribution >= 0.6 is 0 Å². The number of ketones is 1. The molecule has 0 aliphatic heterocycles. The summed E-state index contributed by atoms with van der Waals surface area (Å²) in [6.45, 7) is 5.14. The molecule has 0 radical (unpaired) electrons. The monoisotopic (exact) mass is 235 g/mol. The van der Waals surface area contributed by atoms with E-state index < -0.39 is 15.4 Å². The minimum atomic E-state index is -2.96. The topological polar surface area (TPSA) is 77.2 Å². The van der Waals surface area contributed by atoms with Crippen molar-refractivity contribution in [2.45, 2.75) is 45.6 Å². The summed E-state index contributed by atoms with van der Waals surface area (Å²) >= 11 is 0. The van der Waals surface area contributed by atoms with E-state index in [1.54, 1.807) is 13.8 Å². The molecule has 0 aromatic heterocycles. The van der Waals surface area contributed by atoms with E-state index in [9.17, 15) is 13.2 Å². The van der Waals surface area contributed by atoms with Crippen molar-refractivity contribution < 1.29 is 13.2 Å². The van der Waals surface area contributed by atoms with Gasteiger partial charge in [0.25, 0.3) is 0 Å². The van der Waals surface area contributed by atoms with E-state index in [1.807, 2.05) is 6.92 Å². The van der Waals surface area contributed by atoms with Crippen molar-refractivity contribution in [1.29, 1.82) is 0 Å². The lowest BCUT2D eigenvalue weighted by Crippen LogP contribution is -2.44. The molecule has 4 nitrogen and oxygen atoms in total. The summed E-state index contributed by atoms with van der Waals surface area (Å²) in [5.74, 6) is 0.153. The Balaban J connectivity index is 4.04. The third kappa shape index (κ3) is 5.28. The second-order valence-electron chi connectivity index (χ2n) is 4.03. The first kappa shape index (κ1) is 14.6. The van der Waals surface area contributed by atoms with Crippen LogP contribution in [0.25, 0.3) is 0 Å². The first-order valence-corrected chi connectivity index (χ1v) is 7.10. The second-order valence-corrected chi connectivity index (χ2v) is 6.51. The third-order valence-electron chi connectivity index (χ3n) is 2.67. The Labute approximate surface area is 92.2 Å². The zero-order valence-corrected chi connectivity index (χ0v) is 10.6. The highest BCUT2D eigenvalue weighted by Crippen LogP contribution is 2.11. The standard InChI is InChI=1S/C10H21NO3S/c1-4-10(3,11)9(12)7-6-8-15(13,14)5-2/h4-8,11H2,1-3H3. The predicted octanol–water partition coefficient (Wildman–Crippen LogP) is 0.898. The molecule has 1 atom stereocenters. The van der Waals surface area contributed by atoms with Gasteiger partial charge in [0, 0.05) is 12.2 Å². The first-order valence-electron chi connectivity index (χ1n) is 5.27. The van der Waals surface area contributed by atoms with Crippen LogP contribution in [0.4, 0.5) is 0 Å². The van der Waals surface area contributed by atoms with E-state index in [0.717, 1.165) is 0 Å². The molecule has 15 heavy (non-hydrogen) atoms. The first-order chi connectivity index (χ1) is 6.75. The number of hydrogen-bond acceptors (Lipinski definition) is 4. The smallest absolute Gasteiger partial charge is 0.152 e. The Hall–Kier alpha value is -0.420. The molecule has 0 aliphatic carbocycles. The van der Waals surface area contributed by atoms with Crippen LogP contribution in [0.3, 0.4) is 0 Å². The van der Waals surface area contributed by atoms with Gasteiger partial charge in [0.1, 0.15) is 9.84 Å². The number of hydrogen-bond donors (Lipinski definition) is 1. The van der Waals surface area contributed by atoms with Crippen molar-refractivity contribution in [2.75, 3.05) is 11.5 Å². The average molecular weight is 235 g/mol. The maximum atomic E-state index is 11.6. The Kier molecular flexibility index (Phi) is 5.45. The Bertz CT molecular complexity index is 307. The van der Waals surface area contributed by atoms with Crippen molar-refractivity contribution in [2.24, 2.45) is 5.73 Å². The molecule has 0 amide bonds.